The molecule has 0 amide bonds. The first-order valence-electron chi connectivity index (χ1n) is 4.02. The third-order valence-electron chi connectivity index (χ3n) is 2.20. The lowest BCUT2D eigenvalue weighted by atomic mass is 9.79. The quantitative estimate of drug-likeness (QED) is 0.475. The molecule has 0 aliphatic carbocycles. The summed E-state index contributed by atoms with van der Waals surface area (Å²) >= 11 is 5.92. The Bertz CT molecular complexity index is 358. The molecule has 1 aliphatic rings. The number of nitrogen functional groups attached to an aromatic ring is 1. The summed E-state index contributed by atoms with van der Waals surface area (Å²) in [6, 6.07) is 3.40. The molecule has 3 nitrogen and oxygen atoms in total. The molecule has 5 heteroatoms. The van der Waals surface area contributed by atoms with Crippen LogP contribution in [-0.4, -0.2) is 12.1 Å². The molecule has 1 atom stereocenters. The van der Waals surface area contributed by atoms with Gasteiger partial charge in [-0.25, -0.2) is 0 Å². The van der Waals surface area contributed by atoms with Crippen molar-refractivity contribution in [2.24, 2.45) is 0 Å². The molecular formula is C8H9BClNO2. The van der Waals surface area contributed by atoms with Crippen molar-refractivity contribution in [3.05, 3.63) is 22.7 Å². The number of anilines is 1. The largest absolute Gasteiger partial charge is 0.493 e. The van der Waals surface area contributed by atoms with E-state index in [1.165, 1.54) is 0 Å². The smallest absolute Gasteiger partial charge is 0.423 e. The minimum absolute atomic E-state index is 0.147. The van der Waals surface area contributed by atoms with Gasteiger partial charge in [0.15, 0.2) is 0 Å². The van der Waals surface area contributed by atoms with Crippen molar-refractivity contribution in [2.75, 3.05) is 5.73 Å². The molecule has 2 rings (SSSR count). The van der Waals surface area contributed by atoms with Crippen LogP contribution in [0.2, 0.25) is 5.02 Å². The lowest BCUT2D eigenvalue weighted by Gasteiger charge is -2.05. The van der Waals surface area contributed by atoms with E-state index >= 15 is 0 Å². The summed E-state index contributed by atoms with van der Waals surface area (Å²) in [5.74, 6) is 0. The molecule has 1 aliphatic heterocycles. The Morgan fingerprint density at radius 3 is 3.00 bits per heavy atom. The van der Waals surface area contributed by atoms with Gasteiger partial charge in [-0.15, -0.1) is 0 Å². The summed E-state index contributed by atoms with van der Waals surface area (Å²) < 4.78 is 5.18. The molecule has 3 N–H and O–H groups in total. The van der Waals surface area contributed by atoms with Crippen LogP contribution in [-0.2, 0) is 4.65 Å². The highest BCUT2D eigenvalue weighted by atomic mass is 35.5. The van der Waals surface area contributed by atoms with Crippen LogP contribution in [0.4, 0.5) is 5.69 Å². The molecule has 0 radical (unpaired) electrons. The highest BCUT2D eigenvalue weighted by Crippen LogP contribution is 2.28. The highest BCUT2D eigenvalue weighted by molar-refractivity contribution is 6.65. The predicted molar refractivity (Wildman–Crippen MR) is 53.0 cm³/mol. The van der Waals surface area contributed by atoms with E-state index in [9.17, 15) is 5.02 Å². The average molecular weight is 197 g/mol. The lowest BCUT2D eigenvalue weighted by Crippen LogP contribution is -2.29. The van der Waals surface area contributed by atoms with E-state index in [4.69, 9.17) is 22.0 Å². The van der Waals surface area contributed by atoms with Gasteiger partial charge in [-0.3, -0.25) is 0 Å². The number of fused-ring (bicyclic) bond motifs is 1. The Morgan fingerprint density at radius 2 is 2.31 bits per heavy atom. The summed E-state index contributed by atoms with van der Waals surface area (Å²) in [6.45, 7) is 1.85. The summed E-state index contributed by atoms with van der Waals surface area (Å²) in [5, 5.41) is 9.94. The van der Waals surface area contributed by atoms with E-state index in [1.807, 2.05) is 6.92 Å². The van der Waals surface area contributed by atoms with Crippen LogP contribution in [0, 0.1) is 0 Å². The van der Waals surface area contributed by atoms with Crippen LogP contribution >= 0.6 is 11.6 Å². The van der Waals surface area contributed by atoms with Gasteiger partial charge in [0.25, 0.3) is 0 Å². The van der Waals surface area contributed by atoms with Crippen molar-refractivity contribution in [3.8, 4) is 0 Å². The molecule has 0 aromatic heterocycles. The third kappa shape index (κ3) is 1.31. The molecule has 1 unspecified atom stereocenters. The number of rotatable bonds is 0. The number of hydrogen-bond acceptors (Lipinski definition) is 3. The molecule has 68 valence electrons. The molecular weight excluding hydrogens is 188 g/mol. The summed E-state index contributed by atoms with van der Waals surface area (Å²) in [7, 11) is -0.918. The first-order valence-corrected chi connectivity index (χ1v) is 4.39. The number of halogens is 1. The SMILES string of the molecule is CC1OB(O)c2c(Cl)cc(N)cc21. The first kappa shape index (κ1) is 8.87. The zero-order valence-electron chi connectivity index (χ0n) is 7.12. The maximum absolute atomic E-state index is 9.48. The van der Waals surface area contributed by atoms with Crippen LogP contribution in [0.25, 0.3) is 0 Å². The van der Waals surface area contributed by atoms with Gasteiger partial charge in [0.05, 0.1) is 6.10 Å². The van der Waals surface area contributed by atoms with E-state index in [2.05, 4.69) is 0 Å². The van der Waals surface area contributed by atoms with Crippen LogP contribution in [0.1, 0.15) is 18.6 Å². The lowest BCUT2D eigenvalue weighted by molar-refractivity contribution is 0.209. The van der Waals surface area contributed by atoms with E-state index < -0.39 is 7.12 Å². The third-order valence-corrected chi connectivity index (χ3v) is 2.51. The van der Waals surface area contributed by atoms with Crippen molar-refractivity contribution in [1.82, 2.24) is 0 Å². The molecule has 13 heavy (non-hydrogen) atoms. The molecule has 1 aromatic carbocycles. The van der Waals surface area contributed by atoms with Crippen molar-refractivity contribution in [3.63, 3.8) is 0 Å². The fourth-order valence-corrected chi connectivity index (χ4v) is 1.92. The van der Waals surface area contributed by atoms with E-state index in [1.54, 1.807) is 12.1 Å². The summed E-state index contributed by atoms with van der Waals surface area (Å²) in [6.07, 6.45) is -0.147. The van der Waals surface area contributed by atoms with E-state index in [0.29, 0.717) is 16.2 Å². The Hall–Kier alpha value is -0.705. The van der Waals surface area contributed by atoms with E-state index in [-0.39, 0.29) is 6.10 Å². The van der Waals surface area contributed by atoms with Crippen LogP contribution in [0.5, 0.6) is 0 Å². The van der Waals surface area contributed by atoms with Gasteiger partial charge in [0, 0.05) is 16.2 Å². The zero-order valence-corrected chi connectivity index (χ0v) is 7.88. The van der Waals surface area contributed by atoms with Gasteiger partial charge in [-0.05, 0) is 24.6 Å². The van der Waals surface area contributed by atoms with Crippen LogP contribution in [0.3, 0.4) is 0 Å². The normalized spacial score (nSPS) is 20.5. The van der Waals surface area contributed by atoms with Crippen molar-refractivity contribution in [2.45, 2.75) is 13.0 Å². The summed E-state index contributed by atoms with van der Waals surface area (Å²) in [4.78, 5) is 0. The number of nitrogens with two attached hydrogens (primary N) is 1. The molecule has 0 saturated heterocycles. The monoisotopic (exact) mass is 197 g/mol. The Balaban J connectivity index is 2.63. The molecule has 0 saturated carbocycles. The predicted octanol–water partition coefficient (Wildman–Crippen LogP) is 0.701. The van der Waals surface area contributed by atoms with Gasteiger partial charge in [0.2, 0.25) is 0 Å². The van der Waals surface area contributed by atoms with Gasteiger partial charge >= 0.3 is 7.12 Å². The van der Waals surface area contributed by atoms with Gasteiger partial charge in [-0.1, -0.05) is 11.6 Å². The van der Waals surface area contributed by atoms with E-state index in [0.717, 1.165) is 5.56 Å². The van der Waals surface area contributed by atoms with Crippen molar-refractivity contribution >= 4 is 29.9 Å². The molecule has 1 aromatic rings. The maximum atomic E-state index is 9.48. The Labute approximate surface area is 81.6 Å². The molecule has 0 bridgehead atoms. The minimum Gasteiger partial charge on any atom is -0.423 e. The van der Waals surface area contributed by atoms with Crippen molar-refractivity contribution in [1.29, 1.82) is 0 Å². The standard InChI is InChI=1S/C8H9BClNO2/c1-4-6-2-5(11)3-7(10)8(6)9(12)13-4/h2-4,12H,11H2,1H3. The Kier molecular flexibility index (Phi) is 1.98. The molecule has 0 spiro atoms. The van der Waals surface area contributed by atoms with Gasteiger partial charge < -0.3 is 15.4 Å². The number of benzene rings is 1. The highest BCUT2D eigenvalue weighted by Gasteiger charge is 2.34. The minimum atomic E-state index is -0.918. The second-order valence-electron chi connectivity index (χ2n) is 3.14. The second-order valence-corrected chi connectivity index (χ2v) is 3.54. The summed E-state index contributed by atoms with van der Waals surface area (Å²) in [5.41, 5.74) is 7.72. The molecule has 0 fully saturated rings. The topological polar surface area (TPSA) is 55.5 Å². The van der Waals surface area contributed by atoms with Crippen LogP contribution in [0.15, 0.2) is 12.1 Å². The zero-order chi connectivity index (χ0) is 9.59. The average Bonchev–Trinajstić information content (AvgIpc) is 2.27. The first-order chi connectivity index (χ1) is 6.09. The van der Waals surface area contributed by atoms with Crippen molar-refractivity contribution < 1.29 is 9.68 Å². The second kappa shape index (κ2) is 2.91. The van der Waals surface area contributed by atoms with Crippen LogP contribution < -0.4 is 11.2 Å². The van der Waals surface area contributed by atoms with Gasteiger partial charge in [0.1, 0.15) is 0 Å². The Morgan fingerprint density at radius 1 is 1.62 bits per heavy atom. The maximum Gasteiger partial charge on any atom is 0.493 e. The number of hydrogen-bond donors (Lipinski definition) is 2. The van der Waals surface area contributed by atoms with Gasteiger partial charge in [-0.2, -0.15) is 0 Å². The fraction of sp³-hybridized carbons (Fsp3) is 0.250. The molecule has 1 heterocycles. The fourth-order valence-electron chi connectivity index (χ4n) is 1.59.